The van der Waals surface area contributed by atoms with Crippen molar-refractivity contribution in [2.75, 3.05) is 20.2 Å². The van der Waals surface area contributed by atoms with E-state index in [1.54, 1.807) is 4.90 Å². The molecule has 0 saturated carbocycles. The number of ether oxygens (including phenoxy) is 2. The van der Waals surface area contributed by atoms with Gasteiger partial charge < -0.3 is 24.8 Å². The summed E-state index contributed by atoms with van der Waals surface area (Å²) in [7, 11) is 1.32. The Balaban J connectivity index is 1.84. The monoisotopic (exact) mass is 364 g/mol. The first kappa shape index (κ1) is 19.6. The van der Waals surface area contributed by atoms with E-state index in [-0.39, 0.29) is 18.9 Å². The minimum atomic E-state index is -1.13. The average Bonchev–Trinajstić information content (AvgIpc) is 2.66. The molecule has 2 rings (SSSR count). The summed E-state index contributed by atoms with van der Waals surface area (Å²) in [5.74, 6) is -1.16. The Morgan fingerprint density at radius 3 is 2.69 bits per heavy atom. The third-order valence-electron chi connectivity index (χ3n) is 4.32. The molecule has 142 valence electrons. The molecule has 0 spiro atoms. The SMILES string of the molecule is COC(=O)N1CCCC(C[C@H](NC(=O)OCc2ccccc2)C(=O)O)C1. The number of aliphatic carboxylic acids is 1. The molecule has 1 saturated heterocycles. The molecule has 1 aliphatic heterocycles. The quantitative estimate of drug-likeness (QED) is 0.802. The van der Waals surface area contributed by atoms with Gasteiger partial charge in [-0.1, -0.05) is 30.3 Å². The summed E-state index contributed by atoms with van der Waals surface area (Å²) in [5.41, 5.74) is 0.815. The van der Waals surface area contributed by atoms with Crippen LogP contribution in [0.15, 0.2) is 30.3 Å². The second-order valence-corrected chi connectivity index (χ2v) is 6.26. The van der Waals surface area contributed by atoms with E-state index < -0.39 is 24.2 Å². The van der Waals surface area contributed by atoms with Crippen LogP contribution in [0, 0.1) is 5.92 Å². The van der Waals surface area contributed by atoms with E-state index in [1.165, 1.54) is 7.11 Å². The van der Waals surface area contributed by atoms with Gasteiger partial charge in [0.2, 0.25) is 0 Å². The van der Waals surface area contributed by atoms with Gasteiger partial charge in [0.25, 0.3) is 0 Å². The number of likely N-dealkylation sites (tertiary alicyclic amines) is 1. The number of carboxylic acids is 1. The van der Waals surface area contributed by atoms with Gasteiger partial charge in [0, 0.05) is 13.1 Å². The van der Waals surface area contributed by atoms with Gasteiger partial charge in [-0.05, 0) is 30.7 Å². The Hall–Kier alpha value is -2.77. The van der Waals surface area contributed by atoms with E-state index in [4.69, 9.17) is 9.47 Å². The molecule has 0 aliphatic carbocycles. The average molecular weight is 364 g/mol. The van der Waals surface area contributed by atoms with Crippen molar-refractivity contribution in [3.8, 4) is 0 Å². The number of benzene rings is 1. The predicted octanol–water partition coefficient (Wildman–Crippen LogP) is 2.23. The van der Waals surface area contributed by atoms with E-state index in [0.29, 0.717) is 13.1 Å². The number of carbonyl (C=O) groups excluding carboxylic acids is 2. The van der Waals surface area contributed by atoms with Crippen LogP contribution in [0.5, 0.6) is 0 Å². The fraction of sp³-hybridized carbons (Fsp3) is 0.500. The van der Waals surface area contributed by atoms with Gasteiger partial charge >= 0.3 is 18.2 Å². The number of carboxylic acid groups (broad SMARTS) is 1. The Morgan fingerprint density at radius 2 is 2.04 bits per heavy atom. The molecule has 1 unspecified atom stereocenters. The number of rotatable bonds is 6. The lowest BCUT2D eigenvalue weighted by atomic mass is 9.91. The van der Waals surface area contributed by atoms with E-state index in [1.807, 2.05) is 30.3 Å². The highest BCUT2D eigenvalue weighted by Crippen LogP contribution is 2.22. The zero-order valence-electron chi connectivity index (χ0n) is 14.7. The summed E-state index contributed by atoms with van der Waals surface area (Å²) in [6, 6.07) is 8.06. The van der Waals surface area contributed by atoms with E-state index in [2.05, 4.69) is 5.32 Å². The smallest absolute Gasteiger partial charge is 0.409 e. The maximum Gasteiger partial charge on any atom is 0.409 e. The Morgan fingerprint density at radius 1 is 1.31 bits per heavy atom. The largest absolute Gasteiger partial charge is 0.480 e. The maximum atomic E-state index is 11.9. The molecule has 1 aromatic carbocycles. The molecule has 0 aromatic heterocycles. The number of hydrogen-bond donors (Lipinski definition) is 2. The molecule has 1 aromatic rings. The number of methoxy groups -OCH3 is 1. The third-order valence-corrected chi connectivity index (χ3v) is 4.32. The van der Waals surface area contributed by atoms with Crippen molar-refractivity contribution >= 4 is 18.2 Å². The van der Waals surface area contributed by atoms with Crippen molar-refractivity contribution in [3.05, 3.63) is 35.9 Å². The Labute approximate surface area is 152 Å². The lowest BCUT2D eigenvalue weighted by Crippen LogP contribution is -2.46. The highest BCUT2D eigenvalue weighted by molar-refractivity contribution is 5.79. The zero-order valence-corrected chi connectivity index (χ0v) is 14.7. The molecular weight excluding hydrogens is 340 g/mol. The van der Waals surface area contributed by atoms with E-state index in [9.17, 15) is 19.5 Å². The number of amides is 2. The van der Waals surface area contributed by atoms with E-state index >= 15 is 0 Å². The van der Waals surface area contributed by atoms with Crippen LogP contribution in [0.4, 0.5) is 9.59 Å². The first-order valence-electron chi connectivity index (χ1n) is 8.52. The predicted molar refractivity (Wildman–Crippen MR) is 92.5 cm³/mol. The summed E-state index contributed by atoms with van der Waals surface area (Å²) in [4.78, 5) is 36.6. The highest BCUT2D eigenvalue weighted by Gasteiger charge is 2.30. The molecule has 1 heterocycles. The summed E-state index contributed by atoms with van der Waals surface area (Å²) in [6.07, 6.45) is 0.588. The van der Waals surface area contributed by atoms with Crippen molar-refractivity contribution in [1.29, 1.82) is 0 Å². The van der Waals surface area contributed by atoms with Crippen LogP contribution in [0.3, 0.4) is 0 Å². The zero-order chi connectivity index (χ0) is 18.9. The number of nitrogens with zero attached hydrogens (tertiary/aromatic N) is 1. The van der Waals surface area contributed by atoms with Gasteiger partial charge in [-0.25, -0.2) is 14.4 Å². The van der Waals surface area contributed by atoms with Gasteiger partial charge in [0.1, 0.15) is 12.6 Å². The standard InChI is InChI=1S/C18H24N2O6/c1-25-18(24)20-9-5-8-14(11-20)10-15(16(21)22)19-17(23)26-12-13-6-3-2-4-7-13/h2-4,6-7,14-15H,5,8-12H2,1H3,(H,19,23)(H,21,22)/t14?,15-/m0/s1. The Bertz CT molecular complexity index is 621. The van der Waals surface area contributed by atoms with Crippen molar-refractivity contribution in [2.24, 2.45) is 5.92 Å². The van der Waals surface area contributed by atoms with Gasteiger partial charge in [0.15, 0.2) is 0 Å². The molecule has 2 atom stereocenters. The summed E-state index contributed by atoms with van der Waals surface area (Å²) in [5, 5.41) is 11.8. The van der Waals surface area contributed by atoms with Crippen LogP contribution in [0.2, 0.25) is 0 Å². The molecule has 8 nitrogen and oxygen atoms in total. The number of alkyl carbamates (subject to hydrolysis) is 1. The highest BCUT2D eigenvalue weighted by atomic mass is 16.5. The summed E-state index contributed by atoms with van der Waals surface area (Å²) in [6.45, 7) is 1.07. The van der Waals surface area contributed by atoms with Crippen molar-refractivity contribution in [1.82, 2.24) is 10.2 Å². The number of nitrogens with one attached hydrogen (secondary N) is 1. The lowest BCUT2D eigenvalue weighted by molar-refractivity contribution is -0.140. The van der Waals surface area contributed by atoms with Gasteiger partial charge in [-0.3, -0.25) is 0 Å². The minimum Gasteiger partial charge on any atom is -0.480 e. The summed E-state index contributed by atoms with van der Waals surface area (Å²) >= 11 is 0. The van der Waals surface area contributed by atoms with Crippen LogP contribution in [0.1, 0.15) is 24.8 Å². The van der Waals surface area contributed by atoms with Crippen LogP contribution >= 0.6 is 0 Å². The first-order chi connectivity index (χ1) is 12.5. The molecule has 2 N–H and O–H groups in total. The summed E-state index contributed by atoms with van der Waals surface area (Å²) < 4.78 is 9.79. The topological polar surface area (TPSA) is 105 Å². The maximum absolute atomic E-state index is 11.9. The molecule has 2 amide bonds. The molecule has 8 heteroatoms. The fourth-order valence-corrected chi connectivity index (χ4v) is 3.01. The van der Waals surface area contributed by atoms with Crippen LogP contribution < -0.4 is 5.32 Å². The lowest BCUT2D eigenvalue weighted by Gasteiger charge is -2.32. The Kier molecular flexibility index (Phi) is 7.25. The van der Waals surface area contributed by atoms with Crippen LogP contribution in [0.25, 0.3) is 0 Å². The number of carbonyl (C=O) groups is 3. The van der Waals surface area contributed by atoms with E-state index in [0.717, 1.165) is 18.4 Å². The fourth-order valence-electron chi connectivity index (χ4n) is 3.01. The van der Waals surface area contributed by atoms with Gasteiger partial charge in [-0.2, -0.15) is 0 Å². The normalized spacial score (nSPS) is 17.9. The second-order valence-electron chi connectivity index (χ2n) is 6.26. The van der Waals surface area contributed by atoms with Crippen molar-refractivity contribution < 1.29 is 29.0 Å². The molecule has 1 fully saturated rings. The minimum absolute atomic E-state index is 0.0293. The molecule has 0 radical (unpaired) electrons. The molecular formula is C18H24N2O6. The van der Waals surface area contributed by atoms with Crippen LogP contribution in [-0.4, -0.2) is 54.4 Å². The van der Waals surface area contributed by atoms with Crippen molar-refractivity contribution in [3.63, 3.8) is 0 Å². The number of hydrogen-bond acceptors (Lipinski definition) is 5. The van der Waals surface area contributed by atoms with Gasteiger partial charge in [-0.15, -0.1) is 0 Å². The van der Waals surface area contributed by atoms with Crippen LogP contribution in [-0.2, 0) is 20.9 Å². The number of piperidine rings is 1. The molecule has 26 heavy (non-hydrogen) atoms. The molecule has 1 aliphatic rings. The van der Waals surface area contributed by atoms with Gasteiger partial charge in [0.05, 0.1) is 7.11 Å². The van der Waals surface area contributed by atoms with Crippen molar-refractivity contribution in [2.45, 2.75) is 31.9 Å². The third kappa shape index (κ3) is 5.94. The first-order valence-corrected chi connectivity index (χ1v) is 8.52. The molecule has 0 bridgehead atoms. The second kappa shape index (κ2) is 9.65.